The van der Waals surface area contributed by atoms with Gasteiger partial charge in [0.25, 0.3) is 0 Å². The van der Waals surface area contributed by atoms with E-state index in [-0.39, 0.29) is 17.0 Å². The van der Waals surface area contributed by atoms with E-state index in [2.05, 4.69) is 10.2 Å². The van der Waals surface area contributed by atoms with E-state index in [9.17, 15) is 15.0 Å². The highest BCUT2D eigenvalue weighted by Crippen LogP contribution is 2.39. The van der Waals surface area contributed by atoms with E-state index in [1.54, 1.807) is 24.3 Å². The van der Waals surface area contributed by atoms with Gasteiger partial charge in [-0.3, -0.25) is 0 Å². The van der Waals surface area contributed by atoms with Crippen LogP contribution < -0.4 is 0 Å². The molecule has 0 unspecified atom stereocenters. The van der Waals surface area contributed by atoms with Gasteiger partial charge in [0.2, 0.25) is 0 Å². The molecular weight excluding hydrogens is 300 g/mol. The highest BCUT2D eigenvalue weighted by Gasteiger charge is 2.17. The second kappa shape index (κ2) is 5.57. The number of azo groups is 1. The molecule has 0 spiro atoms. The Bertz CT molecular complexity index is 900. The van der Waals surface area contributed by atoms with Crippen LogP contribution in [0.4, 0.5) is 10.7 Å². The van der Waals surface area contributed by atoms with Gasteiger partial charge in [0.1, 0.15) is 16.3 Å². The molecule has 2 N–H and O–H groups in total. The predicted octanol–water partition coefficient (Wildman–Crippen LogP) is 5.03. The molecule has 0 aliphatic carbocycles. The largest absolute Gasteiger partial charge is 0.505 e. The molecule has 0 radical (unpaired) electrons. The van der Waals surface area contributed by atoms with E-state index < -0.39 is 5.97 Å². The molecule has 1 heterocycles. The summed E-state index contributed by atoms with van der Waals surface area (Å²) in [5.74, 6) is -1.57. The van der Waals surface area contributed by atoms with Crippen molar-refractivity contribution in [3.63, 3.8) is 0 Å². The maximum atomic E-state index is 11.3. The number of hydrogen-bond donors (Lipinski definition) is 2. The molecule has 3 aromatic rings. The van der Waals surface area contributed by atoms with E-state index in [1.165, 1.54) is 17.4 Å². The lowest BCUT2D eigenvalue weighted by Gasteiger charge is -2.07. The number of aromatic carboxylic acids is 1. The quantitative estimate of drug-likeness (QED) is 0.665. The Morgan fingerprint density at radius 1 is 1.18 bits per heavy atom. The Balaban J connectivity index is 2.20. The molecule has 0 saturated carbocycles. The zero-order valence-electron chi connectivity index (χ0n) is 11.6. The summed E-state index contributed by atoms with van der Waals surface area (Å²) in [4.78, 5) is 11.3. The van der Waals surface area contributed by atoms with Crippen LogP contribution in [0.2, 0.25) is 0 Å². The van der Waals surface area contributed by atoms with Crippen molar-refractivity contribution in [1.29, 1.82) is 0 Å². The Morgan fingerprint density at radius 2 is 1.95 bits per heavy atom. The third-order valence-corrected chi connectivity index (χ3v) is 4.12. The lowest BCUT2D eigenvalue weighted by atomic mass is 10.0. The maximum Gasteiger partial charge on any atom is 0.339 e. The van der Waals surface area contributed by atoms with Crippen LogP contribution in [0, 0.1) is 6.92 Å². The summed E-state index contributed by atoms with van der Waals surface area (Å²) in [5.41, 5.74) is 1.06. The molecular formula is C16H12N2O3S. The van der Waals surface area contributed by atoms with Crippen molar-refractivity contribution < 1.29 is 15.0 Å². The molecule has 0 saturated heterocycles. The molecule has 6 heteroatoms. The third-order valence-electron chi connectivity index (χ3n) is 3.19. The molecule has 2 aromatic carbocycles. The van der Waals surface area contributed by atoms with Crippen LogP contribution in [0.1, 0.15) is 15.9 Å². The Morgan fingerprint density at radius 3 is 2.64 bits per heavy atom. The number of rotatable bonds is 3. The topological polar surface area (TPSA) is 82.2 Å². The third kappa shape index (κ3) is 2.56. The summed E-state index contributed by atoms with van der Waals surface area (Å²) in [6, 6.07) is 10.4. The molecule has 22 heavy (non-hydrogen) atoms. The van der Waals surface area contributed by atoms with Crippen molar-refractivity contribution in [2.75, 3.05) is 0 Å². The minimum atomic E-state index is -1.20. The van der Waals surface area contributed by atoms with Crippen molar-refractivity contribution in [2.45, 2.75) is 6.92 Å². The van der Waals surface area contributed by atoms with Gasteiger partial charge in [-0.25, -0.2) is 4.79 Å². The lowest BCUT2D eigenvalue weighted by molar-refractivity contribution is 0.0694. The number of thiophene rings is 1. The minimum Gasteiger partial charge on any atom is -0.505 e. The van der Waals surface area contributed by atoms with E-state index >= 15 is 0 Å². The Hall–Kier alpha value is -2.73. The summed E-state index contributed by atoms with van der Waals surface area (Å²) in [6.45, 7) is 1.95. The Labute approximate surface area is 130 Å². The summed E-state index contributed by atoms with van der Waals surface area (Å²) >= 11 is 1.43. The van der Waals surface area contributed by atoms with Crippen molar-refractivity contribution in [3.05, 3.63) is 52.9 Å². The van der Waals surface area contributed by atoms with Crippen LogP contribution in [0.3, 0.4) is 0 Å². The van der Waals surface area contributed by atoms with Gasteiger partial charge in [0.05, 0.1) is 0 Å². The monoisotopic (exact) mass is 312 g/mol. The molecule has 0 atom stereocenters. The van der Waals surface area contributed by atoms with Crippen molar-refractivity contribution in [2.24, 2.45) is 10.2 Å². The number of hydrogen-bond acceptors (Lipinski definition) is 5. The minimum absolute atomic E-state index is 0.168. The molecule has 0 bridgehead atoms. The average molecular weight is 312 g/mol. The molecule has 5 nitrogen and oxygen atoms in total. The number of nitrogens with zero attached hydrogens (tertiary/aromatic N) is 2. The SMILES string of the molecule is Cc1csc(N=Nc2c(O)c(C(=O)O)cc3ccccc23)c1. The molecule has 0 aliphatic heterocycles. The molecule has 0 aliphatic rings. The molecule has 110 valence electrons. The van der Waals surface area contributed by atoms with Crippen LogP contribution in [0.5, 0.6) is 5.75 Å². The van der Waals surface area contributed by atoms with Crippen molar-refractivity contribution in [3.8, 4) is 5.75 Å². The first-order valence-corrected chi connectivity index (χ1v) is 7.39. The van der Waals surface area contributed by atoms with E-state index in [4.69, 9.17) is 0 Å². The van der Waals surface area contributed by atoms with Gasteiger partial charge in [-0.2, -0.15) is 0 Å². The number of carbonyl (C=O) groups is 1. The highest BCUT2D eigenvalue weighted by atomic mass is 32.1. The first-order chi connectivity index (χ1) is 10.6. The number of phenols is 1. The summed E-state index contributed by atoms with van der Waals surface area (Å²) in [6.07, 6.45) is 0. The number of aryl methyl sites for hydroxylation is 1. The first-order valence-electron chi connectivity index (χ1n) is 6.51. The Kier molecular flexibility index (Phi) is 3.60. The molecule has 0 amide bonds. The van der Waals surface area contributed by atoms with Gasteiger partial charge in [0.15, 0.2) is 5.75 Å². The second-order valence-corrected chi connectivity index (χ2v) is 5.70. The normalized spacial score (nSPS) is 11.3. The van der Waals surface area contributed by atoms with Crippen molar-refractivity contribution >= 4 is 38.8 Å². The fraction of sp³-hybridized carbons (Fsp3) is 0.0625. The maximum absolute atomic E-state index is 11.3. The summed E-state index contributed by atoms with van der Waals surface area (Å²) in [7, 11) is 0. The van der Waals surface area contributed by atoms with Crippen LogP contribution in [-0.4, -0.2) is 16.2 Å². The van der Waals surface area contributed by atoms with Crippen LogP contribution >= 0.6 is 11.3 Å². The zero-order chi connectivity index (χ0) is 15.7. The predicted molar refractivity (Wildman–Crippen MR) is 85.8 cm³/mol. The molecule has 1 aromatic heterocycles. The molecule has 3 rings (SSSR count). The van der Waals surface area contributed by atoms with Gasteiger partial charge in [-0.05, 0) is 35.4 Å². The van der Waals surface area contributed by atoms with Crippen LogP contribution in [0.15, 0.2) is 52.0 Å². The van der Waals surface area contributed by atoms with Crippen LogP contribution in [-0.2, 0) is 0 Å². The van der Waals surface area contributed by atoms with Crippen molar-refractivity contribution in [1.82, 2.24) is 0 Å². The standard InChI is InChI=1S/C16H12N2O3S/c1-9-6-13(22-8-9)17-18-14-11-5-3-2-4-10(11)7-12(15(14)19)16(20)21/h2-8,19H,1H3,(H,20,21). The van der Waals surface area contributed by atoms with Crippen LogP contribution in [0.25, 0.3) is 10.8 Å². The lowest BCUT2D eigenvalue weighted by Crippen LogP contribution is -1.97. The highest BCUT2D eigenvalue weighted by molar-refractivity contribution is 7.13. The number of aromatic hydroxyl groups is 1. The summed E-state index contributed by atoms with van der Waals surface area (Å²) < 4.78 is 0. The fourth-order valence-electron chi connectivity index (χ4n) is 2.15. The van der Waals surface area contributed by atoms with E-state index in [0.717, 1.165) is 5.56 Å². The second-order valence-electron chi connectivity index (χ2n) is 4.81. The van der Waals surface area contributed by atoms with Gasteiger partial charge in [-0.1, -0.05) is 24.3 Å². The van der Waals surface area contributed by atoms with E-state index in [1.807, 2.05) is 18.4 Å². The summed E-state index contributed by atoms with van der Waals surface area (Å²) in [5, 5.41) is 31.6. The molecule has 0 fully saturated rings. The van der Waals surface area contributed by atoms with Gasteiger partial charge in [-0.15, -0.1) is 21.6 Å². The fourth-order valence-corrected chi connectivity index (χ4v) is 2.87. The van der Waals surface area contributed by atoms with Gasteiger partial charge >= 0.3 is 5.97 Å². The average Bonchev–Trinajstić information content (AvgIpc) is 2.91. The van der Waals surface area contributed by atoms with Gasteiger partial charge in [0, 0.05) is 5.39 Å². The van der Waals surface area contributed by atoms with E-state index in [0.29, 0.717) is 15.8 Å². The number of carboxylic acid groups (broad SMARTS) is 1. The first kappa shape index (κ1) is 14.2. The smallest absolute Gasteiger partial charge is 0.339 e. The number of fused-ring (bicyclic) bond motifs is 1. The number of benzene rings is 2. The number of carboxylic acids is 1. The van der Waals surface area contributed by atoms with Gasteiger partial charge < -0.3 is 10.2 Å². The zero-order valence-corrected chi connectivity index (χ0v) is 12.5.